The first-order valence-electron chi connectivity index (χ1n) is 10.0. The molecule has 0 unspecified atom stereocenters. The van der Waals surface area contributed by atoms with Gasteiger partial charge in [0.2, 0.25) is 0 Å². The number of H-pyrrole nitrogens is 1. The first-order chi connectivity index (χ1) is 14.7. The van der Waals surface area contributed by atoms with Crippen molar-refractivity contribution >= 4 is 11.7 Å². The molecule has 5 nitrogen and oxygen atoms in total. The van der Waals surface area contributed by atoms with Crippen molar-refractivity contribution in [3.63, 3.8) is 0 Å². The molecule has 5 rings (SSSR count). The average Bonchev–Trinajstić information content (AvgIpc) is 3.37. The van der Waals surface area contributed by atoms with E-state index in [1.54, 1.807) is 11.9 Å². The minimum absolute atomic E-state index is 0.136. The largest absolute Gasteiger partial charge is 0.334 e. The second-order valence-corrected chi connectivity index (χ2v) is 7.51. The lowest BCUT2D eigenvalue weighted by Gasteiger charge is -2.18. The lowest BCUT2D eigenvalue weighted by atomic mass is 10.1. The molecular formula is C25H22N4O. The summed E-state index contributed by atoms with van der Waals surface area (Å²) in [4.78, 5) is 14.1. The van der Waals surface area contributed by atoms with E-state index in [-0.39, 0.29) is 6.03 Å². The predicted molar refractivity (Wildman–Crippen MR) is 119 cm³/mol. The maximum atomic E-state index is 12.5. The summed E-state index contributed by atoms with van der Waals surface area (Å²) in [6, 6.07) is 26.1. The fraction of sp³-hybridized carbons (Fsp3) is 0.120. The number of hydrogen-bond acceptors (Lipinski definition) is 2. The van der Waals surface area contributed by atoms with Gasteiger partial charge in [-0.15, -0.1) is 0 Å². The van der Waals surface area contributed by atoms with Crippen molar-refractivity contribution in [2.24, 2.45) is 0 Å². The third kappa shape index (κ3) is 3.24. The minimum atomic E-state index is -0.136. The molecule has 2 amide bonds. The summed E-state index contributed by atoms with van der Waals surface area (Å²) in [5, 5.41) is 10.7. The van der Waals surface area contributed by atoms with Crippen molar-refractivity contribution in [2.45, 2.75) is 13.0 Å². The molecule has 0 spiro atoms. The van der Waals surface area contributed by atoms with E-state index in [9.17, 15) is 4.79 Å². The van der Waals surface area contributed by atoms with Crippen LogP contribution in [0.1, 0.15) is 16.7 Å². The highest BCUT2D eigenvalue weighted by Crippen LogP contribution is 2.39. The van der Waals surface area contributed by atoms with Gasteiger partial charge >= 0.3 is 6.03 Å². The topological polar surface area (TPSA) is 61.0 Å². The molecule has 2 N–H and O–H groups in total. The van der Waals surface area contributed by atoms with E-state index in [1.807, 2.05) is 54.6 Å². The van der Waals surface area contributed by atoms with E-state index in [4.69, 9.17) is 0 Å². The van der Waals surface area contributed by atoms with Gasteiger partial charge < -0.3 is 5.32 Å². The number of rotatable bonds is 4. The molecule has 0 radical (unpaired) electrons. The van der Waals surface area contributed by atoms with Crippen molar-refractivity contribution in [1.29, 1.82) is 0 Å². The Bertz CT molecular complexity index is 1200. The van der Waals surface area contributed by atoms with Crippen molar-refractivity contribution in [3.8, 4) is 22.5 Å². The van der Waals surface area contributed by atoms with Crippen LogP contribution in [0.2, 0.25) is 0 Å². The molecule has 4 aromatic rings. The van der Waals surface area contributed by atoms with Gasteiger partial charge in [-0.3, -0.25) is 10.00 Å². The molecule has 0 atom stereocenters. The maximum Gasteiger partial charge on any atom is 0.321 e. The first kappa shape index (κ1) is 18.2. The Labute approximate surface area is 175 Å². The SMILES string of the molecule is CN(C(=O)NCc1ccccc1)c1ccc(-c2n[nH]c3c2Cc2ccccc2-3)cc1. The quantitative estimate of drug-likeness (QED) is 0.451. The van der Waals surface area contributed by atoms with E-state index in [2.05, 4.69) is 39.8 Å². The lowest BCUT2D eigenvalue weighted by Crippen LogP contribution is -2.36. The Hall–Kier alpha value is -3.86. The number of nitrogens with one attached hydrogen (secondary N) is 2. The number of nitrogens with zero attached hydrogens (tertiary/aromatic N) is 2. The monoisotopic (exact) mass is 394 g/mol. The number of amides is 2. The molecule has 0 aliphatic heterocycles. The standard InChI is InChI=1S/C25H22N4O/c1-29(25(30)26-16-17-7-3-2-4-8-17)20-13-11-18(12-14-20)23-22-15-19-9-5-6-10-21(19)24(22)28-27-23/h2-14H,15-16H2,1H3,(H,26,30)(H,27,28). The fourth-order valence-corrected chi connectivity index (χ4v) is 3.96. The Morgan fingerprint density at radius 1 is 1.00 bits per heavy atom. The molecule has 3 aromatic carbocycles. The highest BCUT2D eigenvalue weighted by molar-refractivity contribution is 5.91. The van der Waals surface area contributed by atoms with Gasteiger partial charge in [0.15, 0.2) is 0 Å². The second kappa shape index (κ2) is 7.52. The van der Waals surface area contributed by atoms with Crippen molar-refractivity contribution in [2.75, 3.05) is 11.9 Å². The Morgan fingerprint density at radius 3 is 2.53 bits per heavy atom. The van der Waals surface area contributed by atoms with E-state index in [1.165, 1.54) is 16.7 Å². The molecule has 148 valence electrons. The summed E-state index contributed by atoms with van der Waals surface area (Å²) in [5.41, 5.74) is 8.83. The molecule has 5 heteroatoms. The number of aromatic nitrogens is 2. The van der Waals surface area contributed by atoms with Crippen LogP contribution in [0, 0.1) is 0 Å². The summed E-state index contributed by atoms with van der Waals surface area (Å²) in [7, 11) is 1.78. The van der Waals surface area contributed by atoms with Crippen LogP contribution in [-0.2, 0) is 13.0 Å². The molecule has 1 aliphatic carbocycles. The highest BCUT2D eigenvalue weighted by Gasteiger charge is 2.24. The molecule has 0 fully saturated rings. The number of anilines is 1. The molecule has 0 saturated carbocycles. The Balaban J connectivity index is 1.31. The number of aromatic amines is 1. The molecule has 0 saturated heterocycles. The van der Waals surface area contributed by atoms with E-state index in [0.29, 0.717) is 6.54 Å². The summed E-state index contributed by atoms with van der Waals surface area (Å²) >= 11 is 0. The van der Waals surface area contributed by atoms with E-state index < -0.39 is 0 Å². The van der Waals surface area contributed by atoms with Crippen LogP contribution >= 0.6 is 0 Å². The summed E-state index contributed by atoms with van der Waals surface area (Å²) in [5.74, 6) is 0. The Morgan fingerprint density at radius 2 is 1.73 bits per heavy atom. The third-order valence-electron chi connectivity index (χ3n) is 5.64. The molecule has 1 aliphatic rings. The second-order valence-electron chi connectivity index (χ2n) is 7.51. The summed E-state index contributed by atoms with van der Waals surface area (Å²) in [6.07, 6.45) is 0.890. The lowest BCUT2D eigenvalue weighted by molar-refractivity contribution is 0.247. The molecule has 30 heavy (non-hydrogen) atoms. The van der Waals surface area contributed by atoms with Gasteiger partial charge in [-0.25, -0.2) is 4.79 Å². The zero-order valence-corrected chi connectivity index (χ0v) is 16.7. The van der Waals surface area contributed by atoms with Crippen molar-refractivity contribution in [1.82, 2.24) is 15.5 Å². The number of carbonyl (C=O) groups excluding carboxylic acids is 1. The molecule has 0 bridgehead atoms. The van der Waals surface area contributed by atoms with Gasteiger partial charge in [0.25, 0.3) is 0 Å². The van der Waals surface area contributed by atoms with Crippen molar-refractivity contribution in [3.05, 3.63) is 95.6 Å². The third-order valence-corrected chi connectivity index (χ3v) is 5.64. The van der Waals surface area contributed by atoms with Crippen LogP contribution in [0.5, 0.6) is 0 Å². The fourth-order valence-electron chi connectivity index (χ4n) is 3.96. The number of benzene rings is 3. The molecule has 1 aromatic heterocycles. The number of carbonyl (C=O) groups is 1. The average molecular weight is 394 g/mol. The van der Waals surface area contributed by atoms with Gasteiger partial charge in [-0.2, -0.15) is 5.10 Å². The van der Waals surface area contributed by atoms with E-state index >= 15 is 0 Å². The highest BCUT2D eigenvalue weighted by atomic mass is 16.2. The zero-order valence-electron chi connectivity index (χ0n) is 16.7. The van der Waals surface area contributed by atoms with Gasteiger partial charge in [0.1, 0.15) is 0 Å². The van der Waals surface area contributed by atoms with Gasteiger partial charge in [-0.05, 0) is 23.3 Å². The smallest absolute Gasteiger partial charge is 0.321 e. The molecule has 1 heterocycles. The van der Waals surface area contributed by atoms with Gasteiger partial charge in [0.05, 0.1) is 11.4 Å². The van der Waals surface area contributed by atoms with Crippen LogP contribution in [0.3, 0.4) is 0 Å². The summed E-state index contributed by atoms with van der Waals surface area (Å²) in [6.45, 7) is 0.502. The maximum absolute atomic E-state index is 12.5. The van der Waals surface area contributed by atoms with Crippen LogP contribution in [0.25, 0.3) is 22.5 Å². The van der Waals surface area contributed by atoms with Crippen LogP contribution < -0.4 is 10.2 Å². The molecular weight excluding hydrogens is 372 g/mol. The van der Waals surface area contributed by atoms with E-state index in [0.717, 1.165) is 34.6 Å². The van der Waals surface area contributed by atoms with Crippen LogP contribution in [-0.4, -0.2) is 23.3 Å². The number of urea groups is 1. The zero-order chi connectivity index (χ0) is 20.5. The normalized spacial score (nSPS) is 11.6. The van der Waals surface area contributed by atoms with Crippen molar-refractivity contribution < 1.29 is 4.79 Å². The van der Waals surface area contributed by atoms with Crippen LogP contribution in [0.4, 0.5) is 10.5 Å². The number of fused-ring (bicyclic) bond motifs is 3. The number of hydrogen-bond donors (Lipinski definition) is 2. The predicted octanol–water partition coefficient (Wildman–Crippen LogP) is 4.99. The minimum Gasteiger partial charge on any atom is -0.334 e. The Kier molecular flexibility index (Phi) is 4.56. The van der Waals surface area contributed by atoms with Crippen LogP contribution in [0.15, 0.2) is 78.9 Å². The first-order valence-corrected chi connectivity index (χ1v) is 10.0. The van der Waals surface area contributed by atoms with Gasteiger partial charge in [0, 0.05) is 42.4 Å². The summed E-state index contributed by atoms with van der Waals surface area (Å²) < 4.78 is 0. The van der Waals surface area contributed by atoms with Gasteiger partial charge in [-0.1, -0.05) is 66.7 Å².